The molecule has 0 saturated heterocycles. The maximum absolute atomic E-state index is 9.99. The van der Waals surface area contributed by atoms with E-state index in [1.807, 2.05) is 20.8 Å². The number of nitrogens with zero attached hydrogens (tertiary/aromatic N) is 3. The topological polar surface area (TPSA) is 71.2 Å². The second kappa shape index (κ2) is 4.19. The molecular weight excluding hydrogens is 262 g/mol. The van der Waals surface area contributed by atoms with Gasteiger partial charge in [0.1, 0.15) is 11.8 Å². The van der Waals surface area contributed by atoms with Gasteiger partial charge >= 0.3 is 0 Å². The number of hydrogen-bond donors (Lipinski definition) is 2. The molecule has 1 rings (SSSR count). The van der Waals surface area contributed by atoms with Crippen LogP contribution in [0, 0.1) is 5.41 Å². The first-order chi connectivity index (χ1) is 6.75. The van der Waals surface area contributed by atoms with Crippen LogP contribution in [0.25, 0.3) is 0 Å². The van der Waals surface area contributed by atoms with Gasteiger partial charge in [0.25, 0.3) is 0 Å². The number of aliphatic hydroxyl groups excluding tert-OH is 2. The van der Waals surface area contributed by atoms with Crippen molar-refractivity contribution in [2.45, 2.75) is 33.0 Å². The van der Waals surface area contributed by atoms with Crippen molar-refractivity contribution in [3.8, 4) is 0 Å². The third kappa shape index (κ3) is 2.56. The van der Waals surface area contributed by atoms with Crippen LogP contribution in [0.3, 0.4) is 0 Å². The molecule has 2 unspecified atom stereocenters. The molecule has 0 amide bonds. The first-order valence-corrected chi connectivity index (χ1v) is 5.45. The summed E-state index contributed by atoms with van der Waals surface area (Å²) in [7, 11) is 1.67. The Morgan fingerprint density at radius 2 is 1.87 bits per heavy atom. The SMILES string of the molecule is Cn1nnc(Br)c1C(O)C(O)C(C)(C)C. The van der Waals surface area contributed by atoms with Gasteiger partial charge in [-0.05, 0) is 21.3 Å². The van der Waals surface area contributed by atoms with Gasteiger partial charge in [0.15, 0.2) is 4.60 Å². The summed E-state index contributed by atoms with van der Waals surface area (Å²) < 4.78 is 1.91. The molecule has 0 aliphatic carbocycles. The minimum atomic E-state index is -1.00. The van der Waals surface area contributed by atoms with E-state index in [2.05, 4.69) is 26.2 Å². The predicted octanol–water partition coefficient (Wildman–Crippen LogP) is 1.02. The molecule has 1 aromatic rings. The lowest BCUT2D eigenvalue weighted by Crippen LogP contribution is -2.33. The highest BCUT2D eigenvalue weighted by Crippen LogP contribution is 2.32. The number of rotatable bonds is 2. The summed E-state index contributed by atoms with van der Waals surface area (Å²) >= 11 is 3.19. The quantitative estimate of drug-likeness (QED) is 0.847. The number of aryl methyl sites for hydroxylation is 1. The lowest BCUT2D eigenvalue weighted by Gasteiger charge is -2.29. The van der Waals surface area contributed by atoms with Crippen molar-refractivity contribution >= 4 is 15.9 Å². The zero-order chi connectivity index (χ0) is 11.8. The molecule has 0 spiro atoms. The van der Waals surface area contributed by atoms with Gasteiger partial charge in [-0.15, -0.1) is 5.10 Å². The number of aromatic nitrogens is 3. The van der Waals surface area contributed by atoms with Gasteiger partial charge in [0.2, 0.25) is 0 Å². The van der Waals surface area contributed by atoms with Crippen LogP contribution in [0.2, 0.25) is 0 Å². The molecule has 0 aromatic carbocycles. The van der Waals surface area contributed by atoms with Crippen molar-refractivity contribution in [3.05, 3.63) is 10.3 Å². The molecule has 2 N–H and O–H groups in total. The summed E-state index contributed by atoms with van der Waals surface area (Å²) in [6.07, 6.45) is -1.87. The fourth-order valence-corrected chi connectivity index (χ4v) is 1.84. The highest BCUT2D eigenvalue weighted by atomic mass is 79.9. The van der Waals surface area contributed by atoms with E-state index in [4.69, 9.17) is 0 Å². The van der Waals surface area contributed by atoms with Crippen molar-refractivity contribution in [3.63, 3.8) is 0 Å². The Kier molecular flexibility index (Phi) is 3.52. The molecular formula is C9H16BrN3O2. The Hall–Kier alpha value is -0.460. The Bertz CT molecular complexity index is 326. The Morgan fingerprint density at radius 3 is 2.20 bits per heavy atom. The fourth-order valence-electron chi connectivity index (χ4n) is 1.28. The van der Waals surface area contributed by atoms with Crippen molar-refractivity contribution in [2.24, 2.45) is 12.5 Å². The van der Waals surface area contributed by atoms with Crippen LogP contribution in [0.1, 0.15) is 32.6 Å². The molecule has 1 aromatic heterocycles. The lowest BCUT2D eigenvalue weighted by molar-refractivity contribution is -0.0495. The van der Waals surface area contributed by atoms with Crippen LogP contribution in [-0.2, 0) is 7.05 Å². The van der Waals surface area contributed by atoms with E-state index < -0.39 is 17.6 Å². The third-order valence-electron chi connectivity index (χ3n) is 2.29. The summed E-state index contributed by atoms with van der Waals surface area (Å²) in [6.45, 7) is 5.58. The molecule has 0 aliphatic rings. The minimum Gasteiger partial charge on any atom is -0.389 e. The van der Waals surface area contributed by atoms with Gasteiger partial charge < -0.3 is 10.2 Å². The van der Waals surface area contributed by atoms with Crippen LogP contribution >= 0.6 is 15.9 Å². The van der Waals surface area contributed by atoms with Crippen molar-refractivity contribution in [1.82, 2.24) is 15.0 Å². The monoisotopic (exact) mass is 277 g/mol. The molecule has 0 aliphatic heterocycles. The van der Waals surface area contributed by atoms with Gasteiger partial charge in [-0.1, -0.05) is 26.0 Å². The van der Waals surface area contributed by atoms with E-state index >= 15 is 0 Å². The van der Waals surface area contributed by atoms with E-state index in [0.29, 0.717) is 10.3 Å². The fraction of sp³-hybridized carbons (Fsp3) is 0.778. The lowest BCUT2D eigenvalue weighted by atomic mass is 9.85. The van der Waals surface area contributed by atoms with Crippen LogP contribution in [0.15, 0.2) is 4.60 Å². The van der Waals surface area contributed by atoms with Crippen molar-refractivity contribution < 1.29 is 10.2 Å². The van der Waals surface area contributed by atoms with E-state index in [1.54, 1.807) is 7.05 Å². The first-order valence-electron chi connectivity index (χ1n) is 4.66. The van der Waals surface area contributed by atoms with Gasteiger partial charge in [0, 0.05) is 7.05 Å². The summed E-state index contributed by atoms with van der Waals surface area (Å²) in [5.74, 6) is 0. The standard InChI is InChI=1S/C9H16BrN3O2/c1-9(2,3)7(15)6(14)5-8(10)11-12-13(5)4/h6-7,14-15H,1-4H3. The van der Waals surface area contributed by atoms with Gasteiger partial charge in [0.05, 0.1) is 6.10 Å². The molecule has 0 bridgehead atoms. The molecule has 86 valence electrons. The maximum Gasteiger partial charge on any atom is 0.154 e. The molecule has 15 heavy (non-hydrogen) atoms. The highest BCUT2D eigenvalue weighted by molar-refractivity contribution is 9.10. The summed E-state index contributed by atoms with van der Waals surface area (Å²) in [5, 5.41) is 27.4. The molecule has 2 atom stereocenters. The normalized spacial score (nSPS) is 16.5. The molecule has 0 radical (unpaired) electrons. The maximum atomic E-state index is 9.99. The highest BCUT2D eigenvalue weighted by Gasteiger charge is 2.33. The van der Waals surface area contributed by atoms with Gasteiger partial charge in [-0.3, -0.25) is 0 Å². The average Bonchev–Trinajstić information content (AvgIpc) is 2.42. The first kappa shape index (κ1) is 12.6. The Balaban J connectivity index is 3.00. The largest absolute Gasteiger partial charge is 0.389 e. The Labute approximate surface area is 97.2 Å². The number of hydrogen-bond acceptors (Lipinski definition) is 4. The third-order valence-corrected chi connectivity index (χ3v) is 2.86. The second-order valence-electron chi connectivity index (χ2n) is 4.64. The second-order valence-corrected chi connectivity index (χ2v) is 5.40. The van der Waals surface area contributed by atoms with E-state index in [-0.39, 0.29) is 0 Å². The van der Waals surface area contributed by atoms with Crippen LogP contribution in [0.5, 0.6) is 0 Å². The Morgan fingerprint density at radius 1 is 1.33 bits per heavy atom. The van der Waals surface area contributed by atoms with E-state index in [0.717, 1.165) is 0 Å². The summed E-state index contributed by atoms with van der Waals surface area (Å²) in [6, 6.07) is 0. The summed E-state index contributed by atoms with van der Waals surface area (Å²) in [4.78, 5) is 0. The van der Waals surface area contributed by atoms with E-state index in [9.17, 15) is 10.2 Å². The van der Waals surface area contributed by atoms with Gasteiger partial charge in [-0.2, -0.15) is 0 Å². The molecule has 1 heterocycles. The van der Waals surface area contributed by atoms with Crippen LogP contribution < -0.4 is 0 Å². The summed E-state index contributed by atoms with van der Waals surface area (Å²) in [5.41, 5.74) is 0.0841. The van der Waals surface area contributed by atoms with Gasteiger partial charge in [-0.25, -0.2) is 4.68 Å². The van der Waals surface area contributed by atoms with Crippen molar-refractivity contribution in [1.29, 1.82) is 0 Å². The molecule has 0 fully saturated rings. The average molecular weight is 278 g/mol. The van der Waals surface area contributed by atoms with E-state index in [1.165, 1.54) is 4.68 Å². The van der Waals surface area contributed by atoms with Crippen LogP contribution in [0.4, 0.5) is 0 Å². The van der Waals surface area contributed by atoms with Crippen LogP contribution in [-0.4, -0.2) is 31.3 Å². The molecule has 0 saturated carbocycles. The number of aliphatic hydroxyl groups is 2. The zero-order valence-electron chi connectivity index (χ0n) is 9.27. The zero-order valence-corrected chi connectivity index (χ0v) is 10.9. The minimum absolute atomic E-state index is 0.400. The number of halogens is 1. The molecule has 6 heteroatoms. The van der Waals surface area contributed by atoms with Crippen molar-refractivity contribution in [2.75, 3.05) is 0 Å². The predicted molar refractivity (Wildman–Crippen MR) is 59.1 cm³/mol. The smallest absolute Gasteiger partial charge is 0.154 e. The molecule has 5 nitrogen and oxygen atoms in total.